The number of nitrogens with zero attached hydrogens (tertiary/aromatic N) is 2. The van der Waals surface area contributed by atoms with Gasteiger partial charge in [0.2, 0.25) is 4.47 Å². The zero-order valence-electron chi connectivity index (χ0n) is 7.92. The lowest BCUT2D eigenvalue weighted by atomic mass is 10.1. The number of aromatic nitrogens is 2. The van der Waals surface area contributed by atoms with E-state index in [9.17, 15) is 17.6 Å². The fraction of sp³-hybridized carbons (Fsp3) is 0.111. The van der Waals surface area contributed by atoms with Crippen molar-refractivity contribution in [3.8, 4) is 10.6 Å². The summed E-state index contributed by atoms with van der Waals surface area (Å²) < 4.78 is 50.5. The van der Waals surface area contributed by atoms with Gasteiger partial charge in [0, 0.05) is 5.56 Å². The zero-order valence-corrected chi connectivity index (χ0v) is 9.50. The molecular weight excluding hydrogens is 280 g/mol. The van der Waals surface area contributed by atoms with E-state index < -0.39 is 17.6 Å². The van der Waals surface area contributed by atoms with E-state index >= 15 is 0 Å². The Balaban J connectivity index is 2.51. The molecule has 2 rings (SSSR count). The molecule has 17 heavy (non-hydrogen) atoms. The summed E-state index contributed by atoms with van der Waals surface area (Å²) in [4.78, 5) is 0. The number of rotatable bonds is 1. The molecule has 0 aliphatic heterocycles. The summed E-state index contributed by atoms with van der Waals surface area (Å²) >= 11 is 6.44. The van der Waals surface area contributed by atoms with Gasteiger partial charge in [0.05, 0.1) is 5.56 Å². The topological polar surface area (TPSA) is 25.8 Å². The van der Waals surface area contributed by atoms with Crippen molar-refractivity contribution in [2.75, 3.05) is 0 Å². The van der Waals surface area contributed by atoms with Crippen LogP contribution in [-0.2, 0) is 6.18 Å². The molecule has 1 heterocycles. The molecule has 0 saturated heterocycles. The molecule has 90 valence electrons. The van der Waals surface area contributed by atoms with Gasteiger partial charge < -0.3 is 0 Å². The van der Waals surface area contributed by atoms with Crippen LogP contribution >= 0.6 is 22.9 Å². The fourth-order valence-corrected chi connectivity index (χ4v) is 2.02. The Morgan fingerprint density at radius 1 is 1.18 bits per heavy atom. The highest BCUT2D eigenvalue weighted by molar-refractivity contribution is 7.18. The van der Waals surface area contributed by atoms with Crippen LogP contribution in [0.25, 0.3) is 10.6 Å². The quantitative estimate of drug-likeness (QED) is 0.738. The van der Waals surface area contributed by atoms with Crippen molar-refractivity contribution in [3.05, 3.63) is 34.0 Å². The van der Waals surface area contributed by atoms with Crippen LogP contribution in [0, 0.1) is 5.82 Å². The fourth-order valence-electron chi connectivity index (χ4n) is 1.20. The summed E-state index contributed by atoms with van der Waals surface area (Å²) in [7, 11) is 0. The van der Waals surface area contributed by atoms with Gasteiger partial charge in [-0.15, -0.1) is 10.2 Å². The highest BCUT2D eigenvalue weighted by Gasteiger charge is 2.34. The van der Waals surface area contributed by atoms with Crippen molar-refractivity contribution in [2.45, 2.75) is 6.18 Å². The third-order valence-corrected chi connectivity index (χ3v) is 2.99. The minimum Gasteiger partial charge on any atom is -0.206 e. The lowest BCUT2D eigenvalue weighted by molar-refractivity contribution is -0.139. The van der Waals surface area contributed by atoms with Gasteiger partial charge >= 0.3 is 6.18 Å². The van der Waals surface area contributed by atoms with Crippen LogP contribution < -0.4 is 0 Å². The minimum absolute atomic E-state index is 0.109. The Hall–Kier alpha value is -1.21. The Morgan fingerprint density at radius 2 is 1.88 bits per heavy atom. The van der Waals surface area contributed by atoms with E-state index in [1.165, 1.54) is 6.07 Å². The maximum Gasteiger partial charge on any atom is 0.419 e. The summed E-state index contributed by atoms with van der Waals surface area (Å²) in [6, 6.07) is 2.63. The first-order chi connectivity index (χ1) is 7.88. The van der Waals surface area contributed by atoms with Gasteiger partial charge in [0.1, 0.15) is 10.8 Å². The van der Waals surface area contributed by atoms with Crippen LogP contribution in [0.3, 0.4) is 0 Å². The Morgan fingerprint density at radius 3 is 2.41 bits per heavy atom. The second-order valence-corrected chi connectivity index (χ2v) is 4.61. The Bertz CT molecular complexity index is 552. The van der Waals surface area contributed by atoms with Gasteiger partial charge in [-0.1, -0.05) is 11.3 Å². The van der Waals surface area contributed by atoms with E-state index in [0.717, 1.165) is 17.4 Å². The van der Waals surface area contributed by atoms with Gasteiger partial charge in [-0.05, 0) is 29.8 Å². The summed E-state index contributed by atoms with van der Waals surface area (Å²) in [6.07, 6.45) is -4.74. The van der Waals surface area contributed by atoms with Crippen LogP contribution in [0.5, 0.6) is 0 Å². The van der Waals surface area contributed by atoms with Gasteiger partial charge in [0.25, 0.3) is 0 Å². The Kier molecular flexibility index (Phi) is 3.05. The van der Waals surface area contributed by atoms with Gasteiger partial charge in [0.15, 0.2) is 0 Å². The van der Waals surface area contributed by atoms with E-state index in [1.807, 2.05) is 0 Å². The van der Waals surface area contributed by atoms with Crippen LogP contribution in [0.15, 0.2) is 18.2 Å². The van der Waals surface area contributed by atoms with Crippen molar-refractivity contribution < 1.29 is 17.6 Å². The minimum atomic E-state index is -4.74. The summed E-state index contributed by atoms with van der Waals surface area (Å²) in [5.41, 5.74) is -1.20. The van der Waals surface area contributed by atoms with Crippen molar-refractivity contribution in [3.63, 3.8) is 0 Å². The molecule has 0 aliphatic carbocycles. The molecule has 0 bridgehead atoms. The smallest absolute Gasteiger partial charge is 0.206 e. The van der Waals surface area contributed by atoms with Crippen LogP contribution in [0.4, 0.5) is 17.6 Å². The maximum absolute atomic E-state index is 13.0. The molecule has 0 unspecified atom stereocenters. The molecule has 1 aromatic carbocycles. The van der Waals surface area contributed by atoms with Crippen molar-refractivity contribution in [1.29, 1.82) is 0 Å². The highest BCUT2D eigenvalue weighted by Crippen LogP contribution is 2.35. The van der Waals surface area contributed by atoms with Crippen molar-refractivity contribution in [1.82, 2.24) is 10.2 Å². The Labute approximate surface area is 102 Å². The number of alkyl halides is 3. The molecule has 0 amide bonds. The van der Waals surface area contributed by atoms with E-state index in [2.05, 4.69) is 10.2 Å². The summed E-state index contributed by atoms with van der Waals surface area (Å²) in [6.45, 7) is 0. The van der Waals surface area contributed by atoms with Crippen LogP contribution in [-0.4, -0.2) is 10.2 Å². The SMILES string of the molecule is Fc1ccc(-c2nnc(Cl)s2)cc1C(F)(F)F. The molecular formula is C9H3ClF4N2S. The number of halogens is 5. The summed E-state index contributed by atoms with van der Waals surface area (Å²) in [5.74, 6) is -1.32. The predicted octanol–water partition coefficient (Wildman–Crippen LogP) is 4.02. The normalized spacial score (nSPS) is 11.8. The van der Waals surface area contributed by atoms with E-state index in [-0.39, 0.29) is 15.0 Å². The standard InChI is InChI=1S/C9H3ClF4N2S/c10-8-16-15-7(17-8)4-1-2-6(11)5(3-4)9(12,13)14/h1-3H. The maximum atomic E-state index is 13.0. The highest BCUT2D eigenvalue weighted by atomic mass is 35.5. The average molecular weight is 283 g/mol. The lowest BCUT2D eigenvalue weighted by Crippen LogP contribution is -2.08. The first-order valence-corrected chi connectivity index (χ1v) is 5.43. The molecule has 0 fully saturated rings. The first kappa shape index (κ1) is 12.3. The van der Waals surface area contributed by atoms with Gasteiger partial charge in [-0.2, -0.15) is 13.2 Å². The van der Waals surface area contributed by atoms with E-state index in [0.29, 0.717) is 6.07 Å². The zero-order chi connectivity index (χ0) is 12.6. The predicted molar refractivity (Wildman–Crippen MR) is 55.3 cm³/mol. The lowest BCUT2D eigenvalue weighted by Gasteiger charge is -2.08. The van der Waals surface area contributed by atoms with Crippen molar-refractivity contribution in [2.24, 2.45) is 0 Å². The molecule has 1 aromatic heterocycles. The third-order valence-electron chi connectivity index (χ3n) is 1.92. The van der Waals surface area contributed by atoms with Crippen LogP contribution in [0.1, 0.15) is 5.56 Å². The summed E-state index contributed by atoms with van der Waals surface area (Å²) in [5, 5.41) is 7.26. The van der Waals surface area contributed by atoms with Crippen molar-refractivity contribution >= 4 is 22.9 Å². The second-order valence-electron chi connectivity index (χ2n) is 3.05. The molecule has 0 atom stereocenters. The first-order valence-electron chi connectivity index (χ1n) is 4.24. The number of hydrogen-bond donors (Lipinski definition) is 0. The molecule has 2 nitrogen and oxygen atoms in total. The molecule has 0 saturated carbocycles. The average Bonchev–Trinajstić information content (AvgIpc) is 2.64. The van der Waals surface area contributed by atoms with Crippen LogP contribution in [0.2, 0.25) is 4.47 Å². The molecule has 0 aliphatic rings. The van der Waals surface area contributed by atoms with Gasteiger partial charge in [-0.3, -0.25) is 0 Å². The van der Waals surface area contributed by atoms with Gasteiger partial charge in [-0.25, -0.2) is 4.39 Å². The monoisotopic (exact) mass is 282 g/mol. The molecule has 0 radical (unpaired) electrons. The number of hydrogen-bond acceptors (Lipinski definition) is 3. The molecule has 0 N–H and O–H groups in total. The van der Waals surface area contributed by atoms with E-state index in [1.54, 1.807) is 0 Å². The molecule has 8 heteroatoms. The molecule has 0 spiro atoms. The molecule has 2 aromatic rings. The second kappa shape index (κ2) is 4.23. The van der Waals surface area contributed by atoms with E-state index in [4.69, 9.17) is 11.6 Å². The third kappa shape index (κ3) is 2.55. The number of benzene rings is 1. The largest absolute Gasteiger partial charge is 0.419 e.